The van der Waals surface area contributed by atoms with E-state index in [1.54, 1.807) is 12.5 Å². The standard InChI is InChI=1S/C9H14N4/c1-12(2)8-5-13(6-8)9-3-4-10-7-11-9/h3-4,7-8H,5-6H2,1-2H3. The molecule has 1 aromatic rings. The zero-order chi connectivity index (χ0) is 9.26. The number of nitrogens with zero attached hydrogens (tertiary/aromatic N) is 4. The fourth-order valence-corrected chi connectivity index (χ4v) is 1.44. The summed E-state index contributed by atoms with van der Waals surface area (Å²) in [5, 5.41) is 0. The van der Waals surface area contributed by atoms with E-state index in [9.17, 15) is 0 Å². The molecule has 1 fully saturated rings. The summed E-state index contributed by atoms with van der Waals surface area (Å²) in [6.07, 6.45) is 3.38. The molecule has 0 radical (unpaired) electrons. The topological polar surface area (TPSA) is 32.3 Å². The van der Waals surface area contributed by atoms with Gasteiger partial charge in [-0.05, 0) is 20.2 Å². The maximum Gasteiger partial charge on any atom is 0.132 e. The summed E-state index contributed by atoms with van der Waals surface area (Å²) in [7, 11) is 4.23. The molecular weight excluding hydrogens is 164 g/mol. The Morgan fingerprint density at radius 2 is 2.23 bits per heavy atom. The first-order valence-electron chi connectivity index (χ1n) is 4.45. The van der Waals surface area contributed by atoms with Crippen molar-refractivity contribution in [3.05, 3.63) is 18.6 Å². The molecule has 4 nitrogen and oxygen atoms in total. The Kier molecular flexibility index (Phi) is 2.14. The minimum Gasteiger partial charge on any atom is -0.353 e. The molecule has 0 spiro atoms. The van der Waals surface area contributed by atoms with E-state index in [4.69, 9.17) is 0 Å². The van der Waals surface area contributed by atoms with Gasteiger partial charge >= 0.3 is 0 Å². The van der Waals surface area contributed by atoms with Gasteiger partial charge in [0.25, 0.3) is 0 Å². The Balaban J connectivity index is 1.94. The Labute approximate surface area is 78.2 Å². The van der Waals surface area contributed by atoms with Crippen molar-refractivity contribution < 1.29 is 0 Å². The van der Waals surface area contributed by atoms with Gasteiger partial charge in [-0.15, -0.1) is 0 Å². The molecule has 0 unspecified atom stereocenters. The summed E-state index contributed by atoms with van der Waals surface area (Å²) in [5.74, 6) is 1.04. The first kappa shape index (κ1) is 8.44. The molecule has 1 aliphatic rings. The molecule has 0 aliphatic carbocycles. The molecule has 4 heteroatoms. The SMILES string of the molecule is CN(C)C1CN(c2ccncn2)C1. The molecule has 2 heterocycles. The van der Waals surface area contributed by atoms with Crippen LogP contribution in [0.5, 0.6) is 0 Å². The van der Waals surface area contributed by atoms with Gasteiger partial charge in [0.2, 0.25) is 0 Å². The lowest BCUT2D eigenvalue weighted by Gasteiger charge is -2.43. The Bertz CT molecular complexity index is 266. The first-order chi connectivity index (χ1) is 6.27. The van der Waals surface area contributed by atoms with E-state index in [-0.39, 0.29) is 0 Å². The van der Waals surface area contributed by atoms with E-state index in [1.807, 2.05) is 6.07 Å². The van der Waals surface area contributed by atoms with Crippen LogP contribution in [-0.4, -0.2) is 48.1 Å². The van der Waals surface area contributed by atoms with Gasteiger partial charge in [0.1, 0.15) is 12.1 Å². The Hall–Kier alpha value is -1.16. The smallest absolute Gasteiger partial charge is 0.132 e. The second-order valence-corrected chi connectivity index (χ2v) is 3.59. The normalized spacial score (nSPS) is 17.6. The van der Waals surface area contributed by atoms with Crippen LogP contribution in [0.3, 0.4) is 0 Å². The van der Waals surface area contributed by atoms with Crippen molar-refractivity contribution in [1.29, 1.82) is 0 Å². The average Bonchev–Trinajstić information content (AvgIpc) is 2.02. The third-order valence-corrected chi connectivity index (χ3v) is 2.48. The lowest BCUT2D eigenvalue weighted by Crippen LogP contribution is -2.57. The minimum atomic E-state index is 0.676. The van der Waals surface area contributed by atoms with Gasteiger partial charge in [-0.3, -0.25) is 0 Å². The monoisotopic (exact) mass is 178 g/mol. The lowest BCUT2D eigenvalue weighted by molar-refractivity contribution is 0.246. The van der Waals surface area contributed by atoms with Gasteiger partial charge in [-0.2, -0.15) is 0 Å². The highest BCUT2D eigenvalue weighted by Crippen LogP contribution is 2.18. The molecule has 1 saturated heterocycles. The summed E-state index contributed by atoms with van der Waals surface area (Å²) in [4.78, 5) is 12.6. The largest absolute Gasteiger partial charge is 0.353 e. The van der Waals surface area contributed by atoms with Gasteiger partial charge in [-0.25, -0.2) is 9.97 Å². The molecule has 70 valence electrons. The van der Waals surface area contributed by atoms with Crippen LogP contribution < -0.4 is 4.90 Å². The van der Waals surface area contributed by atoms with E-state index in [1.165, 1.54) is 0 Å². The number of anilines is 1. The number of aromatic nitrogens is 2. The maximum atomic E-state index is 4.19. The summed E-state index contributed by atoms with van der Waals surface area (Å²) in [5.41, 5.74) is 0. The third-order valence-electron chi connectivity index (χ3n) is 2.48. The average molecular weight is 178 g/mol. The molecule has 1 aromatic heterocycles. The summed E-state index contributed by atoms with van der Waals surface area (Å²) >= 11 is 0. The summed E-state index contributed by atoms with van der Waals surface area (Å²) in [6, 6.07) is 2.63. The summed E-state index contributed by atoms with van der Waals surface area (Å²) < 4.78 is 0. The van der Waals surface area contributed by atoms with Gasteiger partial charge in [0.15, 0.2) is 0 Å². The van der Waals surface area contributed by atoms with Crippen LogP contribution in [-0.2, 0) is 0 Å². The van der Waals surface area contributed by atoms with Crippen LogP contribution in [0.25, 0.3) is 0 Å². The van der Waals surface area contributed by atoms with Crippen molar-refractivity contribution >= 4 is 5.82 Å². The van der Waals surface area contributed by atoms with Crippen molar-refractivity contribution in [3.8, 4) is 0 Å². The maximum absolute atomic E-state index is 4.19. The molecule has 0 aromatic carbocycles. The molecule has 0 bridgehead atoms. The molecular formula is C9H14N4. The van der Waals surface area contributed by atoms with Crippen LogP contribution in [0.2, 0.25) is 0 Å². The molecule has 1 aliphatic heterocycles. The van der Waals surface area contributed by atoms with E-state index in [0.717, 1.165) is 18.9 Å². The molecule has 2 rings (SSSR count). The second kappa shape index (κ2) is 3.30. The second-order valence-electron chi connectivity index (χ2n) is 3.59. The molecule has 0 atom stereocenters. The van der Waals surface area contributed by atoms with Crippen LogP contribution in [0.15, 0.2) is 18.6 Å². The highest BCUT2D eigenvalue weighted by atomic mass is 15.3. The van der Waals surface area contributed by atoms with Crippen LogP contribution in [0.4, 0.5) is 5.82 Å². The van der Waals surface area contributed by atoms with Crippen molar-refractivity contribution in [2.45, 2.75) is 6.04 Å². The number of hydrogen-bond donors (Lipinski definition) is 0. The first-order valence-corrected chi connectivity index (χ1v) is 4.45. The number of hydrogen-bond acceptors (Lipinski definition) is 4. The quantitative estimate of drug-likeness (QED) is 0.649. The highest BCUT2D eigenvalue weighted by molar-refractivity contribution is 5.40. The predicted molar refractivity (Wildman–Crippen MR) is 51.7 cm³/mol. The molecule has 13 heavy (non-hydrogen) atoms. The predicted octanol–water partition coefficient (Wildman–Crippen LogP) is 0.227. The molecule has 0 amide bonds. The number of likely N-dealkylation sites (N-methyl/N-ethyl adjacent to an activating group) is 1. The van der Waals surface area contributed by atoms with Crippen molar-refractivity contribution in [2.24, 2.45) is 0 Å². The van der Waals surface area contributed by atoms with Gasteiger partial charge in [0, 0.05) is 25.3 Å². The lowest BCUT2D eigenvalue weighted by atomic mass is 10.1. The van der Waals surface area contributed by atoms with Crippen molar-refractivity contribution in [1.82, 2.24) is 14.9 Å². The zero-order valence-corrected chi connectivity index (χ0v) is 8.01. The third kappa shape index (κ3) is 1.62. The van der Waals surface area contributed by atoms with Gasteiger partial charge in [0.05, 0.1) is 0 Å². The summed E-state index contributed by atoms with van der Waals surface area (Å²) in [6.45, 7) is 2.15. The van der Waals surface area contributed by atoms with Crippen molar-refractivity contribution in [3.63, 3.8) is 0 Å². The molecule has 0 saturated carbocycles. The Morgan fingerprint density at radius 3 is 2.77 bits per heavy atom. The number of rotatable bonds is 2. The van der Waals surface area contributed by atoms with E-state index in [2.05, 4.69) is 33.9 Å². The zero-order valence-electron chi connectivity index (χ0n) is 8.01. The fraction of sp³-hybridized carbons (Fsp3) is 0.556. The van der Waals surface area contributed by atoms with E-state index in [0.29, 0.717) is 6.04 Å². The fourth-order valence-electron chi connectivity index (χ4n) is 1.44. The van der Waals surface area contributed by atoms with Gasteiger partial charge in [-0.1, -0.05) is 0 Å². The van der Waals surface area contributed by atoms with E-state index < -0.39 is 0 Å². The van der Waals surface area contributed by atoms with Gasteiger partial charge < -0.3 is 9.80 Å². The molecule has 0 N–H and O–H groups in total. The van der Waals surface area contributed by atoms with Crippen molar-refractivity contribution in [2.75, 3.05) is 32.1 Å². The minimum absolute atomic E-state index is 0.676. The Morgan fingerprint density at radius 1 is 1.46 bits per heavy atom. The van der Waals surface area contributed by atoms with Crippen LogP contribution in [0.1, 0.15) is 0 Å². The highest BCUT2D eigenvalue weighted by Gasteiger charge is 2.28. The van der Waals surface area contributed by atoms with Crippen LogP contribution >= 0.6 is 0 Å². The van der Waals surface area contributed by atoms with Crippen LogP contribution in [0, 0.1) is 0 Å². The van der Waals surface area contributed by atoms with E-state index >= 15 is 0 Å².